The number of anilines is 1. The number of hydrogen-bond donors (Lipinski definition) is 1. The van der Waals surface area contributed by atoms with E-state index < -0.39 is 0 Å². The van der Waals surface area contributed by atoms with Gasteiger partial charge in [0.25, 0.3) is 0 Å². The summed E-state index contributed by atoms with van der Waals surface area (Å²) in [7, 11) is 1.79. The van der Waals surface area contributed by atoms with Crippen LogP contribution < -0.4 is 4.90 Å². The van der Waals surface area contributed by atoms with E-state index in [4.69, 9.17) is 5.41 Å². The van der Waals surface area contributed by atoms with E-state index in [0.717, 1.165) is 11.3 Å². The minimum atomic E-state index is -0.270. The molecule has 0 heterocycles. The highest BCUT2D eigenvalue weighted by Crippen LogP contribution is 2.15. The van der Waals surface area contributed by atoms with E-state index >= 15 is 0 Å². The largest absolute Gasteiger partial charge is 0.329 e. The minimum Gasteiger partial charge on any atom is -0.329 e. The SMILES string of the molecule is CN(C(=N)c1ccccc1)c1ccc(F)cc1. The first-order chi connectivity index (χ1) is 8.18. The van der Waals surface area contributed by atoms with E-state index in [2.05, 4.69) is 0 Å². The van der Waals surface area contributed by atoms with Crippen LogP contribution in [0.2, 0.25) is 0 Å². The summed E-state index contributed by atoms with van der Waals surface area (Å²) < 4.78 is 12.8. The van der Waals surface area contributed by atoms with Crippen LogP contribution in [0, 0.1) is 11.2 Å². The highest BCUT2D eigenvalue weighted by molar-refractivity contribution is 6.07. The molecule has 0 saturated carbocycles. The van der Waals surface area contributed by atoms with E-state index in [9.17, 15) is 4.39 Å². The van der Waals surface area contributed by atoms with Crippen molar-refractivity contribution in [1.82, 2.24) is 0 Å². The summed E-state index contributed by atoms with van der Waals surface area (Å²) in [5, 5.41) is 8.06. The summed E-state index contributed by atoms with van der Waals surface area (Å²) in [6, 6.07) is 15.6. The second kappa shape index (κ2) is 4.78. The van der Waals surface area contributed by atoms with Crippen LogP contribution in [0.25, 0.3) is 0 Å². The van der Waals surface area contributed by atoms with E-state index in [1.54, 1.807) is 24.1 Å². The molecular weight excluding hydrogens is 215 g/mol. The molecule has 2 aromatic rings. The van der Waals surface area contributed by atoms with E-state index in [1.165, 1.54) is 12.1 Å². The Morgan fingerprint density at radius 2 is 1.59 bits per heavy atom. The lowest BCUT2D eigenvalue weighted by atomic mass is 10.2. The molecule has 0 aliphatic carbocycles. The molecule has 1 N–H and O–H groups in total. The number of nitrogens with zero attached hydrogens (tertiary/aromatic N) is 1. The average molecular weight is 228 g/mol. The summed E-state index contributed by atoms with van der Waals surface area (Å²) in [6.45, 7) is 0. The maximum atomic E-state index is 12.8. The second-order valence-corrected chi connectivity index (χ2v) is 3.75. The van der Waals surface area contributed by atoms with Gasteiger partial charge in [0, 0.05) is 18.3 Å². The summed E-state index contributed by atoms with van der Waals surface area (Å²) in [5.74, 6) is 0.116. The molecule has 2 rings (SSSR count). The molecule has 0 saturated heterocycles. The Balaban J connectivity index is 2.23. The van der Waals surface area contributed by atoms with Crippen molar-refractivity contribution in [3.05, 3.63) is 66.0 Å². The molecule has 0 unspecified atom stereocenters. The second-order valence-electron chi connectivity index (χ2n) is 3.75. The lowest BCUT2D eigenvalue weighted by Gasteiger charge is -2.20. The minimum absolute atomic E-state index is 0.270. The highest BCUT2D eigenvalue weighted by atomic mass is 19.1. The molecule has 86 valence electrons. The monoisotopic (exact) mass is 228 g/mol. The van der Waals surface area contributed by atoms with Gasteiger partial charge in [-0.3, -0.25) is 5.41 Å². The van der Waals surface area contributed by atoms with Gasteiger partial charge in [-0.15, -0.1) is 0 Å². The number of benzene rings is 2. The molecular formula is C14H13FN2. The first-order valence-corrected chi connectivity index (χ1v) is 5.32. The summed E-state index contributed by atoms with van der Waals surface area (Å²) in [4.78, 5) is 1.72. The summed E-state index contributed by atoms with van der Waals surface area (Å²) in [6.07, 6.45) is 0. The van der Waals surface area contributed by atoms with Gasteiger partial charge in [0.1, 0.15) is 11.7 Å². The first-order valence-electron chi connectivity index (χ1n) is 5.32. The van der Waals surface area contributed by atoms with Crippen LogP contribution in [-0.2, 0) is 0 Å². The van der Waals surface area contributed by atoms with Crippen LogP contribution >= 0.6 is 0 Å². The highest BCUT2D eigenvalue weighted by Gasteiger charge is 2.08. The predicted octanol–water partition coefficient (Wildman–Crippen LogP) is 3.29. The van der Waals surface area contributed by atoms with Crippen molar-refractivity contribution in [2.24, 2.45) is 0 Å². The average Bonchev–Trinajstić information content (AvgIpc) is 2.39. The third-order valence-corrected chi connectivity index (χ3v) is 2.60. The fraction of sp³-hybridized carbons (Fsp3) is 0.0714. The molecule has 0 spiro atoms. The van der Waals surface area contributed by atoms with E-state index in [-0.39, 0.29) is 5.82 Å². The predicted molar refractivity (Wildman–Crippen MR) is 68.1 cm³/mol. The van der Waals surface area contributed by atoms with Crippen LogP contribution in [0.15, 0.2) is 54.6 Å². The van der Waals surface area contributed by atoms with Crippen LogP contribution in [-0.4, -0.2) is 12.9 Å². The van der Waals surface area contributed by atoms with E-state index in [0.29, 0.717) is 5.84 Å². The van der Waals surface area contributed by atoms with Crippen LogP contribution in [0.5, 0.6) is 0 Å². The van der Waals surface area contributed by atoms with Crippen molar-refractivity contribution in [3.8, 4) is 0 Å². The zero-order valence-electron chi connectivity index (χ0n) is 9.52. The Morgan fingerprint density at radius 3 is 2.18 bits per heavy atom. The van der Waals surface area contributed by atoms with Gasteiger partial charge in [-0.25, -0.2) is 4.39 Å². The Labute approximate surface area is 99.8 Å². The third-order valence-electron chi connectivity index (χ3n) is 2.60. The molecule has 0 bridgehead atoms. The number of amidine groups is 1. The molecule has 0 fully saturated rings. The fourth-order valence-electron chi connectivity index (χ4n) is 1.58. The van der Waals surface area contributed by atoms with Gasteiger partial charge >= 0.3 is 0 Å². The smallest absolute Gasteiger partial charge is 0.132 e. The van der Waals surface area contributed by atoms with Crippen molar-refractivity contribution in [2.75, 3.05) is 11.9 Å². The van der Waals surface area contributed by atoms with Crippen molar-refractivity contribution in [2.45, 2.75) is 0 Å². The number of rotatable bonds is 2. The summed E-state index contributed by atoms with van der Waals surface area (Å²) in [5.41, 5.74) is 1.62. The van der Waals surface area contributed by atoms with Crippen molar-refractivity contribution in [3.63, 3.8) is 0 Å². The lowest BCUT2D eigenvalue weighted by molar-refractivity contribution is 0.628. The molecule has 0 atom stereocenters. The molecule has 0 aliphatic heterocycles. The maximum absolute atomic E-state index is 12.8. The normalized spacial score (nSPS) is 10.0. The van der Waals surface area contributed by atoms with Crippen molar-refractivity contribution >= 4 is 11.5 Å². The molecule has 17 heavy (non-hydrogen) atoms. The van der Waals surface area contributed by atoms with Crippen LogP contribution in [0.3, 0.4) is 0 Å². The van der Waals surface area contributed by atoms with E-state index in [1.807, 2.05) is 30.3 Å². The third kappa shape index (κ3) is 2.50. The first kappa shape index (κ1) is 11.3. The molecule has 0 radical (unpaired) electrons. The fourth-order valence-corrected chi connectivity index (χ4v) is 1.58. The van der Waals surface area contributed by atoms with Gasteiger partial charge in [0.15, 0.2) is 0 Å². The molecule has 2 aromatic carbocycles. The molecule has 2 nitrogen and oxygen atoms in total. The Hall–Kier alpha value is -2.16. The van der Waals surface area contributed by atoms with Crippen LogP contribution in [0.1, 0.15) is 5.56 Å². The van der Waals surface area contributed by atoms with Gasteiger partial charge in [-0.1, -0.05) is 30.3 Å². The van der Waals surface area contributed by atoms with Gasteiger partial charge < -0.3 is 4.90 Å². The zero-order valence-corrected chi connectivity index (χ0v) is 9.52. The molecule has 0 amide bonds. The zero-order chi connectivity index (χ0) is 12.3. The number of halogens is 1. The maximum Gasteiger partial charge on any atom is 0.132 e. The Kier molecular flexibility index (Phi) is 3.19. The Morgan fingerprint density at radius 1 is 1.00 bits per heavy atom. The lowest BCUT2D eigenvalue weighted by Crippen LogP contribution is -2.26. The van der Waals surface area contributed by atoms with Gasteiger partial charge in [-0.05, 0) is 24.3 Å². The van der Waals surface area contributed by atoms with Crippen molar-refractivity contribution < 1.29 is 4.39 Å². The molecule has 3 heteroatoms. The molecule has 0 aromatic heterocycles. The van der Waals surface area contributed by atoms with Crippen LogP contribution in [0.4, 0.5) is 10.1 Å². The number of hydrogen-bond acceptors (Lipinski definition) is 1. The van der Waals surface area contributed by atoms with Gasteiger partial charge in [-0.2, -0.15) is 0 Å². The topological polar surface area (TPSA) is 27.1 Å². The number of nitrogens with one attached hydrogen (secondary N) is 1. The molecule has 0 aliphatic rings. The van der Waals surface area contributed by atoms with Gasteiger partial charge in [0.05, 0.1) is 0 Å². The van der Waals surface area contributed by atoms with Crippen molar-refractivity contribution in [1.29, 1.82) is 5.41 Å². The summed E-state index contributed by atoms with van der Waals surface area (Å²) >= 11 is 0. The quantitative estimate of drug-likeness (QED) is 0.619. The standard InChI is InChI=1S/C14H13FN2/c1-17(13-9-7-12(15)8-10-13)14(16)11-5-3-2-4-6-11/h2-10,16H,1H3. The van der Waals surface area contributed by atoms with Gasteiger partial charge in [0.2, 0.25) is 0 Å². The Bertz CT molecular complexity index is 506.